The Morgan fingerprint density at radius 1 is 1.36 bits per heavy atom. The van der Waals surface area contributed by atoms with Gasteiger partial charge in [-0.1, -0.05) is 18.3 Å². The SMILES string of the molecule is [C-]#[N+]C(c1ccccn1)C1CCN(c2ccc(N3C[C@H](CNC(C)=S)OC3=O)cc2F)CC1. The molecule has 1 aromatic carbocycles. The minimum atomic E-state index is -0.489. The number of amides is 1. The molecule has 2 aliphatic heterocycles. The number of hydrogen-bond acceptors (Lipinski definition) is 5. The normalized spacial score (nSPS) is 19.7. The fraction of sp³-hybridized carbons (Fsp3) is 0.417. The summed E-state index contributed by atoms with van der Waals surface area (Å²) in [7, 11) is 0. The zero-order valence-electron chi connectivity index (χ0n) is 18.4. The zero-order valence-corrected chi connectivity index (χ0v) is 19.2. The van der Waals surface area contributed by atoms with Gasteiger partial charge >= 0.3 is 6.09 Å². The maximum Gasteiger partial charge on any atom is 0.414 e. The molecule has 2 atom stereocenters. The molecule has 172 valence electrons. The first-order valence-electron chi connectivity index (χ1n) is 11.0. The highest BCUT2D eigenvalue weighted by Gasteiger charge is 2.35. The van der Waals surface area contributed by atoms with Crippen molar-refractivity contribution in [2.75, 3.05) is 36.0 Å². The summed E-state index contributed by atoms with van der Waals surface area (Å²) in [6.45, 7) is 11.5. The number of thiocarbonyl (C=S) groups is 1. The van der Waals surface area contributed by atoms with Gasteiger partial charge in [0.15, 0.2) is 0 Å². The number of aromatic nitrogens is 1. The lowest BCUT2D eigenvalue weighted by Crippen LogP contribution is -2.36. The summed E-state index contributed by atoms with van der Waals surface area (Å²) in [6, 6.07) is 10.2. The first-order valence-corrected chi connectivity index (χ1v) is 11.4. The third kappa shape index (κ3) is 5.22. The summed E-state index contributed by atoms with van der Waals surface area (Å²) >= 11 is 4.99. The van der Waals surface area contributed by atoms with Crippen LogP contribution in [-0.4, -0.2) is 48.3 Å². The van der Waals surface area contributed by atoms with E-state index in [1.807, 2.05) is 23.1 Å². The summed E-state index contributed by atoms with van der Waals surface area (Å²) < 4.78 is 20.4. The lowest BCUT2D eigenvalue weighted by Gasteiger charge is -2.34. The second-order valence-corrected chi connectivity index (χ2v) is 8.95. The number of halogens is 1. The Morgan fingerprint density at radius 3 is 2.79 bits per heavy atom. The molecule has 1 unspecified atom stereocenters. The fourth-order valence-corrected chi connectivity index (χ4v) is 4.52. The van der Waals surface area contributed by atoms with E-state index in [1.54, 1.807) is 25.3 Å². The van der Waals surface area contributed by atoms with Crippen LogP contribution in [0.3, 0.4) is 0 Å². The standard InChI is InChI=1S/C24H26FN5O2S/c1-16(33)28-14-19-15-30(24(31)32-19)18-6-7-22(20(25)13-18)29-11-8-17(9-12-29)23(26-2)21-5-3-4-10-27-21/h3-7,10,13,17,19,23H,8-9,11-12,14-15H2,1H3,(H,28,33)/t19-,23?/m0/s1. The summed E-state index contributed by atoms with van der Waals surface area (Å²) in [6.07, 6.45) is 2.46. The van der Waals surface area contributed by atoms with Crippen molar-refractivity contribution in [2.45, 2.75) is 31.9 Å². The molecule has 33 heavy (non-hydrogen) atoms. The molecule has 2 saturated heterocycles. The highest BCUT2D eigenvalue weighted by molar-refractivity contribution is 7.80. The number of carbonyl (C=O) groups is 1. The van der Waals surface area contributed by atoms with E-state index in [1.165, 1.54) is 11.0 Å². The van der Waals surface area contributed by atoms with Gasteiger partial charge in [0, 0.05) is 25.2 Å². The van der Waals surface area contributed by atoms with E-state index in [9.17, 15) is 4.79 Å². The van der Waals surface area contributed by atoms with E-state index < -0.39 is 6.09 Å². The molecule has 1 N–H and O–H groups in total. The largest absolute Gasteiger partial charge is 0.442 e. The first kappa shape index (κ1) is 22.9. The fourth-order valence-electron chi connectivity index (χ4n) is 4.44. The van der Waals surface area contributed by atoms with Crippen molar-refractivity contribution in [1.82, 2.24) is 10.3 Å². The van der Waals surface area contributed by atoms with Gasteiger partial charge in [-0.2, -0.15) is 0 Å². The molecular weight excluding hydrogens is 441 g/mol. The molecule has 9 heteroatoms. The minimum absolute atomic E-state index is 0.192. The van der Waals surface area contributed by atoms with Crippen LogP contribution in [0.25, 0.3) is 4.85 Å². The van der Waals surface area contributed by atoms with E-state index in [0.29, 0.717) is 42.5 Å². The summed E-state index contributed by atoms with van der Waals surface area (Å²) in [5, 5.41) is 2.99. The number of ether oxygens (including phenoxy) is 1. The van der Waals surface area contributed by atoms with Crippen molar-refractivity contribution in [3.8, 4) is 0 Å². The maximum absolute atomic E-state index is 15.0. The van der Waals surface area contributed by atoms with Crippen LogP contribution in [0.1, 0.15) is 31.5 Å². The lowest BCUT2D eigenvalue weighted by molar-refractivity contribution is 0.143. The topological polar surface area (TPSA) is 62.1 Å². The summed E-state index contributed by atoms with van der Waals surface area (Å²) in [5.74, 6) is -0.182. The van der Waals surface area contributed by atoms with Crippen molar-refractivity contribution in [2.24, 2.45) is 5.92 Å². The molecule has 0 spiro atoms. The van der Waals surface area contributed by atoms with Gasteiger partial charge in [-0.3, -0.25) is 9.88 Å². The van der Waals surface area contributed by atoms with Gasteiger partial charge in [-0.15, -0.1) is 0 Å². The van der Waals surface area contributed by atoms with E-state index >= 15 is 4.39 Å². The van der Waals surface area contributed by atoms with Gasteiger partial charge < -0.3 is 19.8 Å². The van der Waals surface area contributed by atoms with Crippen LogP contribution in [0.15, 0.2) is 42.6 Å². The molecule has 1 amide bonds. The van der Waals surface area contributed by atoms with Gasteiger partial charge in [0.1, 0.15) is 17.6 Å². The van der Waals surface area contributed by atoms with Crippen molar-refractivity contribution >= 4 is 34.7 Å². The highest BCUT2D eigenvalue weighted by atomic mass is 32.1. The average molecular weight is 468 g/mol. The molecular formula is C24H26FN5O2S. The third-order valence-electron chi connectivity index (χ3n) is 6.15. The highest BCUT2D eigenvalue weighted by Crippen LogP contribution is 2.36. The molecule has 2 fully saturated rings. The van der Waals surface area contributed by atoms with Crippen LogP contribution in [0.5, 0.6) is 0 Å². The Hall–Kier alpha value is -3.25. The number of hydrogen-bond donors (Lipinski definition) is 1. The number of carbonyl (C=O) groups excluding carboxylic acids is 1. The molecule has 1 aromatic heterocycles. The minimum Gasteiger partial charge on any atom is -0.442 e. The summed E-state index contributed by atoms with van der Waals surface area (Å²) in [5.41, 5.74) is 1.78. The van der Waals surface area contributed by atoms with Crippen molar-refractivity contribution in [3.05, 3.63) is 65.5 Å². The molecule has 2 aliphatic rings. The predicted octanol–water partition coefficient (Wildman–Crippen LogP) is 4.36. The van der Waals surface area contributed by atoms with Gasteiger partial charge in [-0.25, -0.2) is 15.8 Å². The number of nitrogens with zero attached hydrogens (tertiary/aromatic N) is 4. The number of nitrogens with one attached hydrogen (secondary N) is 1. The molecule has 0 aliphatic carbocycles. The maximum atomic E-state index is 15.0. The van der Waals surface area contributed by atoms with E-state index in [2.05, 4.69) is 15.1 Å². The van der Waals surface area contributed by atoms with Crippen molar-refractivity contribution in [3.63, 3.8) is 0 Å². The average Bonchev–Trinajstić information content (AvgIpc) is 3.20. The Kier molecular flexibility index (Phi) is 7.04. The van der Waals surface area contributed by atoms with Gasteiger partial charge in [0.05, 0.1) is 29.5 Å². The number of benzene rings is 1. The monoisotopic (exact) mass is 467 g/mol. The van der Waals surface area contributed by atoms with Crippen LogP contribution >= 0.6 is 12.2 Å². The van der Waals surface area contributed by atoms with Gasteiger partial charge in [0.25, 0.3) is 6.04 Å². The van der Waals surface area contributed by atoms with Gasteiger partial charge in [-0.05, 0) is 50.1 Å². The number of cyclic esters (lactones) is 1. The van der Waals surface area contributed by atoms with Crippen LogP contribution in [-0.2, 0) is 4.74 Å². The number of anilines is 2. The Bertz CT molecular complexity index is 1050. The molecule has 0 bridgehead atoms. The van der Waals surface area contributed by atoms with Crippen LogP contribution in [0.4, 0.5) is 20.6 Å². The smallest absolute Gasteiger partial charge is 0.414 e. The second kappa shape index (κ2) is 10.1. The molecule has 0 radical (unpaired) electrons. The quantitative estimate of drug-likeness (QED) is 0.503. The predicted molar refractivity (Wildman–Crippen MR) is 129 cm³/mol. The molecule has 4 rings (SSSR count). The Balaban J connectivity index is 1.39. The van der Waals surface area contributed by atoms with E-state index in [4.69, 9.17) is 23.5 Å². The van der Waals surface area contributed by atoms with E-state index in [-0.39, 0.29) is 23.9 Å². The molecule has 7 nitrogen and oxygen atoms in total. The number of rotatable bonds is 6. The molecule has 0 saturated carbocycles. The Labute approximate surface area is 198 Å². The van der Waals surface area contributed by atoms with E-state index in [0.717, 1.165) is 18.5 Å². The summed E-state index contributed by atoms with van der Waals surface area (Å²) in [4.78, 5) is 24.5. The third-order valence-corrected chi connectivity index (χ3v) is 6.30. The number of pyridine rings is 1. The zero-order chi connectivity index (χ0) is 23.4. The van der Waals surface area contributed by atoms with Crippen LogP contribution < -0.4 is 15.1 Å². The Morgan fingerprint density at radius 2 is 2.15 bits per heavy atom. The second-order valence-electron chi connectivity index (χ2n) is 8.34. The molecule has 3 heterocycles. The number of piperidine rings is 1. The van der Waals surface area contributed by atoms with Crippen molar-refractivity contribution < 1.29 is 13.9 Å². The first-order chi connectivity index (χ1) is 16.0. The van der Waals surface area contributed by atoms with Crippen molar-refractivity contribution in [1.29, 1.82) is 0 Å². The van der Waals surface area contributed by atoms with Crippen LogP contribution in [0, 0.1) is 18.3 Å². The molecule has 2 aromatic rings. The lowest BCUT2D eigenvalue weighted by atomic mass is 9.87. The van der Waals surface area contributed by atoms with Gasteiger partial charge in [0.2, 0.25) is 0 Å². The van der Waals surface area contributed by atoms with Crippen LogP contribution in [0.2, 0.25) is 0 Å².